The van der Waals surface area contributed by atoms with Gasteiger partial charge in [-0.15, -0.1) is 6.58 Å². The van der Waals surface area contributed by atoms with Crippen LogP contribution in [0.1, 0.15) is 61.1 Å². The third-order valence-corrected chi connectivity index (χ3v) is 5.97. The van der Waals surface area contributed by atoms with Crippen LogP contribution in [0.2, 0.25) is 0 Å². The summed E-state index contributed by atoms with van der Waals surface area (Å²) in [6, 6.07) is 7.78. The number of anilines is 1. The first-order chi connectivity index (χ1) is 14.8. The van der Waals surface area contributed by atoms with E-state index in [2.05, 4.69) is 25.5 Å². The summed E-state index contributed by atoms with van der Waals surface area (Å²) in [6.45, 7) is 12.7. The minimum absolute atomic E-state index is 0.129. The first-order valence-electron chi connectivity index (χ1n) is 10.7. The smallest absolute Gasteiger partial charge is 0.343 e. The predicted molar refractivity (Wildman–Crippen MR) is 120 cm³/mol. The maximum atomic E-state index is 13.5. The molecule has 162 valence electrons. The third-order valence-electron chi connectivity index (χ3n) is 5.97. The van der Waals surface area contributed by atoms with E-state index in [1.165, 1.54) is 0 Å². The van der Waals surface area contributed by atoms with Gasteiger partial charge in [-0.05, 0) is 31.2 Å². The molecule has 0 fully saturated rings. The number of Topliss-reactive ketones (excluding diaryl/α,β-unsaturated/α-hetero) is 1. The Morgan fingerprint density at radius 3 is 2.65 bits per heavy atom. The van der Waals surface area contributed by atoms with Crippen LogP contribution in [0.3, 0.4) is 0 Å². The molecule has 1 atom stereocenters. The van der Waals surface area contributed by atoms with Crippen molar-refractivity contribution in [1.29, 1.82) is 0 Å². The van der Waals surface area contributed by atoms with Crippen molar-refractivity contribution in [3.8, 4) is 0 Å². The molecule has 0 amide bonds. The van der Waals surface area contributed by atoms with Crippen LogP contribution in [0, 0.1) is 12.3 Å². The number of ketones is 1. The normalized spacial score (nSPS) is 19.7. The lowest BCUT2D eigenvalue weighted by Gasteiger charge is -2.44. The van der Waals surface area contributed by atoms with Gasteiger partial charge < -0.3 is 9.64 Å². The average molecular weight is 420 g/mol. The molecule has 31 heavy (non-hydrogen) atoms. The Morgan fingerprint density at radius 1 is 1.29 bits per heavy atom. The van der Waals surface area contributed by atoms with E-state index in [-0.39, 0.29) is 23.8 Å². The highest BCUT2D eigenvalue weighted by Crippen LogP contribution is 2.49. The van der Waals surface area contributed by atoms with Gasteiger partial charge in [0.25, 0.3) is 0 Å². The Balaban J connectivity index is 1.99. The molecule has 1 aromatic carbocycles. The number of fused-ring (bicyclic) bond motifs is 1. The number of hydrogen-bond acceptors (Lipinski definition) is 5. The van der Waals surface area contributed by atoms with E-state index in [0.717, 1.165) is 28.8 Å². The van der Waals surface area contributed by atoms with Crippen LogP contribution < -0.4 is 4.90 Å². The highest BCUT2D eigenvalue weighted by molar-refractivity contribution is 6.02. The van der Waals surface area contributed by atoms with Crippen molar-refractivity contribution in [2.24, 2.45) is 5.41 Å². The minimum atomic E-state index is -0.411. The number of hydrogen-bond donors (Lipinski definition) is 0. The lowest BCUT2D eigenvalue weighted by molar-refractivity contribution is -0.118. The van der Waals surface area contributed by atoms with Crippen molar-refractivity contribution < 1.29 is 14.3 Å². The molecule has 1 aliphatic heterocycles. The van der Waals surface area contributed by atoms with E-state index in [4.69, 9.17) is 4.74 Å². The second-order valence-corrected chi connectivity index (χ2v) is 9.06. The fourth-order valence-electron chi connectivity index (χ4n) is 4.65. The number of aromatic nitrogens is 2. The lowest BCUT2D eigenvalue weighted by Crippen LogP contribution is -2.42. The van der Waals surface area contributed by atoms with Crippen LogP contribution in [0.4, 0.5) is 5.82 Å². The fourth-order valence-corrected chi connectivity index (χ4v) is 4.65. The number of rotatable bonds is 5. The Bertz CT molecular complexity index is 1080. The van der Waals surface area contributed by atoms with Crippen LogP contribution in [-0.2, 0) is 9.53 Å². The molecule has 0 spiro atoms. The molecule has 0 N–H and O–H groups in total. The Hall–Kier alpha value is -3.15. The van der Waals surface area contributed by atoms with E-state index in [1.54, 1.807) is 23.9 Å². The molecule has 1 aromatic heterocycles. The Morgan fingerprint density at radius 2 is 2.00 bits per heavy atom. The number of allylic oxidation sites excluding steroid dienone is 2. The molecule has 0 radical (unpaired) electrons. The Kier molecular flexibility index (Phi) is 5.33. The van der Waals surface area contributed by atoms with Crippen LogP contribution in [0.25, 0.3) is 0 Å². The monoisotopic (exact) mass is 419 g/mol. The molecule has 2 heterocycles. The van der Waals surface area contributed by atoms with E-state index >= 15 is 0 Å². The van der Waals surface area contributed by atoms with E-state index in [0.29, 0.717) is 24.3 Å². The molecular weight excluding hydrogens is 390 g/mol. The maximum absolute atomic E-state index is 13.5. The van der Waals surface area contributed by atoms with Gasteiger partial charge in [0.15, 0.2) is 5.78 Å². The molecule has 4 rings (SSSR count). The Labute approximate surface area is 183 Å². The van der Waals surface area contributed by atoms with Gasteiger partial charge in [0, 0.05) is 24.2 Å². The zero-order chi connectivity index (χ0) is 22.3. The van der Waals surface area contributed by atoms with Gasteiger partial charge in [-0.2, -0.15) is 5.10 Å². The van der Waals surface area contributed by atoms with Crippen LogP contribution in [0.15, 0.2) is 54.4 Å². The highest BCUT2D eigenvalue weighted by atomic mass is 16.5. The molecule has 1 unspecified atom stereocenters. The molecular formula is C25H29N3O3. The second-order valence-electron chi connectivity index (χ2n) is 9.06. The van der Waals surface area contributed by atoms with Crippen molar-refractivity contribution in [1.82, 2.24) is 9.78 Å². The van der Waals surface area contributed by atoms with Crippen molar-refractivity contribution in [3.05, 3.63) is 71.1 Å². The molecule has 2 aliphatic rings. The predicted octanol–water partition coefficient (Wildman–Crippen LogP) is 4.61. The summed E-state index contributed by atoms with van der Waals surface area (Å²) >= 11 is 0. The van der Waals surface area contributed by atoms with Crippen molar-refractivity contribution >= 4 is 17.6 Å². The van der Waals surface area contributed by atoms with Gasteiger partial charge in [0.05, 0.1) is 12.8 Å². The zero-order valence-electron chi connectivity index (χ0n) is 18.6. The fraction of sp³-hybridized carbons (Fsp3) is 0.400. The molecule has 0 saturated heterocycles. The van der Waals surface area contributed by atoms with Crippen molar-refractivity contribution in [2.75, 3.05) is 18.1 Å². The summed E-state index contributed by atoms with van der Waals surface area (Å²) in [5, 5.41) is 4.59. The summed E-state index contributed by atoms with van der Waals surface area (Å²) in [7, 11) is 0. The number of esters is 1. The molecule has 6 nitrogen and oxygen atoms in total. The lowest BCUT2D eigenvalue weighted by atomic mass is 9.72. The summed E-state index contributed by atoms with van der Waals surface area (Å²) in [5.41, 5.74) is 4.07. The largest absolute Gasteiger partial charge is 0.462 e. The second kappa shape index (κ2) is 7.84. The van der Waals surface area contributed by atoms with Gasteiger partial charge in [-0.1, -0.05) is 49.8 Å². The molecule has 2 aromatic rings. The molecule has 6 heteroatoms. The standard InChI is InChI=1S/C25H29N3O3/c1-6-12-27-19-13-25(4,5)14-20(29)21(19)22(17-10-8-16(3)9-11-17)28-23(27)18(15-26-28)24(30)31-7-2/h6,8-11,15,22H,1,7,12-14H2,2-5H3. The summed E-state index contributed by atoms with van der Waals surface area (Å²) < 4.78 is 7.11. The van der Waals surface area contributed by atoms with E-state index < -0.39 is 5.97 Å². The SMILES string of the molecule is C=CCN1C2=C(C(=O)CC(C)(C)C2)C(c2ccc(C)cc2)n2ncc(C(=O)OCC)c21. The maximum Gasteiger partial charge on any atom is 0.343 e. The molecule has 0 saturated carbocycles. The number of aryl methyl sites for hydroxylation is 1. The van der Waals surface area contributed by atoms with Gasteiger partial charge in [-0.25, -0.2) is 9.48 Å². The quantitative estimate of drug-likeness (QED) is 0.523. The first-order valence-corrected chi connectivity index (χ1v) is 10.7. The van der Waals surface area contributed by atoms with Crippen molar-refractivity contribution in [2.45, 2.75) is 46.6 Å². The summed E-state index contributed by atoms with van der Waals surface area (Å²) in [4.78, 5) is 28.2. The van der Waals surface area contributed by atoms with Gasteiger partial charge in [0.2, 0.25) is 0 Å². The average Bonchev–Trinajstić information content (AvgIpc) is 3.14. The van der Waals surface area contributed by atoms with Crippen LogP contribution in [-0.4, -0.2) is 34.7 Å². The number of ether oxygens (including phenoxy) is 1. The van der Waals surface area contributed by atoms with E-state index in [1.807, 2.05) is 36.1 Å². The zero-order valence-corrected chi connectivity index (χ0v) is 18.6. The van der Waals surface area contributed by atoms with E-state index in [9.17, 15) is 9.59 Å². The molecule has 1 aliphatic carbocycles. The van der Waals surface area contributed by atoms with Gasteiger partial charge in [-0.3, -0.25) is 4.79 Å². The third kappa shape index (κ3) is 3.60. The topological polar surface area (TPSA) is 64.4 Å². The van der Waals surface area contributed by atoms with Gasteiger partial charge >= 0.3 is 5.97 Å². The number of carbonyl (C=O) groups is 2. The summed E-state index contributed by atoms with van der Waals surface area (Å²) in [5.74, 6) is 0.379. The number of nitrogens with zero attached hydrogens (tertiary/aromatic N) is 3. The highest BCUT2D eigenvalue weighted by Gasteiger charge is 2.45. The van der Waals surface area contributed by atoms with Crippen molar-refractivity contribution in [3.63, 3.8) is 0 Å². The summed E-state index contributed by atoms with van der Waals surface area (Å²) in [6.07, 6.45) is 4.56. The first kappa shape index (κ1) is 21.1. The number of benzene rings is 1. The van der Waals surface area contributed by atoms with Crippen LogP contribution >= 0.6 is 0 Å². The van der Waals surface area contributed by atoms with Gasteiger partial charge in [0.1, 0.15) is 17.4 Å². The van der Waals surface area contributed by atoms with Crippen LogP contribution in [0.5, 0.6) is 0 Å². The minimum Gasteiger partial charge on any atom is -0.462 e. The number of carbonyl (C=O) groups excluding carboxylic acids is 2. The molecule has 0 bridgehead atoms.